The first-order valence-corrected chi connectivity index (χ1v) is 4.55. The number of rotatable bonds is 3. The first-order chi connectivity index (χ1) is 5.83. The highest BCUT2D eigenvalue weighted by Crippen LogP contribution is 2.21. The van der Waals surface area contributed by atoms with Gasteiger partial charge < -0.3 is 4.74 Å². The fourth-order valence-electron chi connectivity index (χ4n) is 1.58. The lowest BCUT2D eigenvalue weighted by atomic mass is 9.98. The largest absolute Gasteiger partial charge is 0.353 e. The summed E-state index contributed by atoms with van der Waals surface area (Å²) in [5.74, 6) is 0. The van der Waals surface area contributed by atoms with Crippen molar-refractivity contribution in [3.05, 3.63) is 0 Å². The summed E-state index contributed by atoms with van der Waals surface area (Å²) in [5, 5.41) is 0. The smallest absolute Gasteiger partial charge is 0.237 e. The van der Waals surface area contributed by atoms with Crippen LogP contribution in [0.5, 0.6) is 0 Å². The molecule has 1 atom stereocenters. The molecule has 1 fully saturated rings. The van der Waals surface area contributed by atoms with Gasteiger partial charge in [0.25, 0.3) is 0 Å². The maximum atomic E-state index is 9.89. The SMILES string of the molecule is CC(N=C=O)OC1CCCCC1. The first kappa shape index (κ1) is 9.43. The van der Waals surface area contributed by atoms with Crippen molar-refractivity contribution in [3.63, 3.8) is 0 Å². The van der Waals surface area contributed by atoms with E-state index in [1.807, 2.05) is 0 Å². The summed E-state index contributed by atoms with van der Waals surface area (Å²) < 4.78 is 5.50. The maximum Gasteiger partial charge on any atom is 0.237 e. The van der Waals surface area contributed by atoms with Crippen LogP contribution in [0.4, 0.5) is 0 Å². The second-order valence-corrected chi connectivity index (χ2v) is 3.22. The van der Waals surface area contributed by atoms with Crippen molar-refractivity contribution < 1.29 is 9.53 Å². The van der Waals surface area contributed by atoms with Gasteiger partial charge in [-0.2, -0.15) is 4.99 Å². The molecule has 0 amide bonds. The zero-order valence-electron chi connectivity index (χ0n) is 7.45. The minimum Gasteiger partial charge on any atom is -0.353 e. The lowest BCUT2D eigenvalue weighted by Gasteiger charge is -2.23. The first-order valence-electron chi connectivity index (χ1n) is 4.55. The molecule has 3 nitrogen and oxygen atoms in total. The van der Waals surface area contributed by atoms with E-state index in [9.17, 15) is 4.79 Å². The Bertz CT molecular complexity index is 169. The van der Waals surface area contributed by atoms with E-state index in [-0.39, 0.29) is 6.23 Å². The Kier molecular flexibility index (Phi) is 3.98. The number of ether oxygens (including phenoxy) is 1. The van der Waals surface area contributed by atoms with Gasteiger partial charge in [-0.15, -0.1) is 0 Å². The molecule has 1 aliphatic carbocycles. The number of carbonyl (C=O) groups excluding carboxylic acids is 1. The number of aliphatic imine (C=N–C) groups is 1. The zero-order valence-corrected chi connectivity index (χ0v) is 7.45. The molecule has 0 heterocycles. The van der Waals surface area contributed by atoms with Crippen molar-refractivity contribution in [2.75, 3.05) is 0 Å². The molecule has 0 aromatic rings. The number of hydrogen-bond acceptors (Lipinski definition) is 3. The molecule has 0 aliphatic heterocycles. The van der Waals surface area contributed by atoms with Crippen LogP contribution in [0.25, 0.3) is 0 Å². The van der Waals surface area contributed by atoms with Crippen LogP contribution in [0, 0.1) is 0 Å². The second-order valence-electron chi connectivity index (χ2n) is 3.22. The Morgan fingerprint density at radius 2 is 2.08 bits per heavy atom. The Hall–Kier alpha value is -0.660. The minimum absolute atomic E-state index is 0.311. The number of hydrogen-bond donors (Lipinski definition) is 0. The fraction of sp³-hybridized carbons (Fsp3) is 0.889. The third-order valence-corrected chi connectivity index (χ3v) is 2.18. The summed E-state index contributed by atoms with van der Waals surface area (Å²) in [6, 6.07) is 0. The van der Waals surface area contributed by atoms with Gasteiger partial charge in [0, 0.05) is 0 Å². The molecule has 0 saturated heterocycles. The zero-order chi connectivity index (χ0) is 8.81. The molecule has 3 heteroatoms. The van der Waals surface area contributed by atoms with E-state index in [0.29, 0.717) is 6.10 Å². The number of nitrogens with zero attached hydrogens (tertiary/aromatic N) is 1. The van der Waals surface area contributed by atoms with E-state index < -0.39 is 0 Å². The van der Waals surface area contributed by atoms with E-state index in [1.54, 1.807) is 6.92 Å². The molecule has 1 saturated carbocycles. The molecule has 1 rings (SSSR count). The molecule has 68 valence electrons. The summed E-state index contributed by atoms with van der Waals surface area (Å²) in [6.45, 7) is 1.78. The van der Waals surface area contributed by atoms with Gasteiger partial charge in [0.15, 0.2) is 6.23 Å². The van der Waals surface area contributed by atoms with Crippen LogP contribution < -0.4 is 0 Å². The lowest BCUT2D eigenvalue weighted by Crippen LogP contribution is -2.21. The van der Waals surface area contributed by atoms with E-state index in [1.165, 1.54) is 25.3 Å². The van der Waals surface area contributed by atoms with Crippen molar-refractivity contribution >= 4 is 6.08 Å². The van der Waals surface area contributed by atoms with Gasteiger partial charge in [-0.1, -0.05) is 19.3 Å². The van der Waals surface area contributed by atoms with Gasteiger partial charge in [-0.25, -0.2) is 4.79 Å². The average Bonchev–Trinajstić information content (AvgIpc) is 2.06. The normalized spacial score (nSPS) is 21.4. The monoisotopic (exact) mass is 169 g/mol. The molecule has 0 aromatic carbocycles. The van der Waals surface area contributed by atoms with Gasteiger partial charge >= 0.3 is 0 Å². The second kappa shape index (κ2) is 5.07. The molecule has 1 aliphatic rings. The molecule has 1 unspecified atom stereocenters. The Morgan fingerprint density at radius 1 is 1.42 bits per heavy atom. The van der Waals surface area contributed by atoms with Crippen molar-refractivity contribution in [1.29, 1.82) is 0 Å². The van der Waals surface area contributed by atoms with E-state index in [0.717, 1.165) is 12.8 Å². The molecule has 0 spiro atoms. The van der Waals surface area contributed by atoms with Gasteiger partial charge in [0.2, 0.25) is 6.08 Å². The molecule has 0 N–H and O–H groups in total. The van der Waals surface area contributed by atoms with Crippen LogP contribution in [0.2, 0.25) is 0 Å². The van der Waals surface area contributed by atoms with Gasteiger partial charge in [0.05, 0.1) is 6.10 Å². The van der Waals surface area contributed by atoms with Crippen LogP contribution in [0.3, 0.4) is 0 Å². The highest BCUT2D eigenvalue weighted by Gasteiger charge is 2.15. The Labute approximate surface area is 72.8 Å². The molecule has 12 heavy (non-hydrogen) atoms. The standard InChI is InChI=1S/C9H15NO2/c1-8(10-7-11)12-9-5-3-2-4-6-9/h8-9H,2-6H2,1H3. The summed E-state index contributed by atoms with van der Waals surface area (Å²) in [7, 11) is 0. The van der Waals surface area contributed by atoms with Crippen molar-refractivity contribution in [3.8, 4) is 0 Å². The Morgan fingerprint density at radius 3 is 2.67 bits per heavy atom. The molecule has 0 bridgehead atoms. The maximum absolute atomic E-state index is 9.89. The van der Waals surface area contributed by atoms with Gasteiger partial charge in [-0.05, 0) is 19.8 Å². The van der Waals surface area contributed by atoms with Crippen LogP contribution in [-0.2, 0) is 9.53 Å². The quantitative estimate of drug-likeness (QED) is 0.479. The van der Waals surface area contributed by atoms with E-state index in [2.05, 4.69) is 4.99 Å². The summed E-state index contributed by atoms with van der Waals surface area (Å²) in [4.78, 5) is 13.4. The van der Waals surface area contributed by atoms with Crippen LogP contribution in [0.1, 0.15) is 39.0 Å². The fourth-order valence-corrected chi connectivity index (χ4v) is 1.58. The van der Waals surface area contributed by atoms with E-state index >= 15 is 0 Å². The summed E-state index contributed by atoms with van der Waals surface area (Å²) >= 11 is 0. The van der Waals surface area contributed by atoms with Crippen molar-refractivity contribution in [2.24, 2.45) is 4.99 Å². The highest BCUT2D eigenvalue weighted by atomic mass is 16.5. The summed E-state index contributed by atoms with van der Waals surface area (Å²) in [6.07, 6.45) is 7.51. The predicted molar refractivity (Wildman–Crippen MR) is 45.5 cm³/mol. The van der Waals surface area contributed by atoms with Crippen LogP contribution in [0.15, 0.2) is 4.99 Å². The molecular weight excluding hydrogens is 154 g/mol. The highest BCUT2D eigenvalue weighted by molar-refractivity contribution is 5.33. The third kappa shape index (κ3) is 3.16. The topological polar surface area (TPSA) is 38.7 Å². The summed E-state index contributed by atoms with van der Waals surface area (Å²) in [5.41, 5.74) is 0. The predicted octanol–water partition coefficient (Wildman–Crippen LogP) is 2.02. The third-order valence-electron chi connectivity index (χ3n) is 2.18. The van der Waals surface area contributed by atoms with Crippen molar-refractivity contribution in [2.45, 2.75) is 51.4 Å². The van der Waals surface area contributed by atoms with E-state index in [4.69, 9.17) is 4.74 Å². The molecule has 0 aromatic heterocycles. The van der Waals surface area contributed by atoms with Crippen LogP contribution >= 0.6 is 0 Å². The molecule has 0 radical (unpaired) electrons. The molecular formula is C9H15NO2. The van der Waals surface area contributed by atoms with Gasteiger partial charge in [-0.3, -0.25) is 0 Å². The number of isocyanates is 1. The van der Waals surface area contributed by atoms with Crippen molar-refractivity contribution in [1.82, 2.24) is 0 Å². The average molecular weight is 169 g/mol. The Balaban J connectivity index is 2.24. The van der Waals surface area contributed by atoms with Crippen LogP contribution in [-0.4, -0.2) is 18.4 Å². The van der Waals surface area contributed by atoms with Gasteiger partial charge in [0.1, 0.15) is 0 Å². The minimum atomic E-state index is -0.314. The lowest BCUT2D eigenvalue weighted by molar-refractivity contribution is -0.0162.